The Morgan fingerprint density at radius 1 is 1.70 bits per heavy atom. The number of nitrogens with two attached hydrogens (primary N) is 1. The molecule has 0 saturated carbocycles. The lowest BCUT2D eigenvalue weighted by Crippen LogP contribution is -2.26. The van der Waals surface area contributed by atoms with E-state index in [0.29, 0.717) is 0 Å². The molecule has 10 nitrogen and oxygen atoms in total. The second kappa shape index (κ2) is 6.13. The molecule has 0 bridgehead atoms. The molecule has 4 unspecified atom stereocenters. The minimum Gasteiger partial charge on any atom is -0.394 e. The molecule has 1 aliphatic heterocycles. The van der Waals surface area contributed by atoms with Crippen LogP contribution in [0.25, 0.3) is 11.2 Å². The summed E-state index contributed by atoms with van der Waals surface area (Å²) in [6, 6.07) is 0. The summed E-state index contributed by atoms with van der Waals surface area (Å²) in [5.41, 5.74) is 2.25. The van der Waals surface area contributed by atoms with Crippen molar-refractivity contribution >= 4 is 46.9 Å². The summed E-state index contributed by atoms with van der Waals surface area (Å²) >= 11 is 8.58. The van der Waals surface area contributed by atoms with E-state index < -0.39 is 29.7 Å². The highest BCUT2D eigenvalue weighted by atomic mass is 32.9. The van der Waals surface area contributed by atoms with Gasteiger partial charge >= 0.3 is 0 Å². The molecule has 3 heterocycles. The van der Waals surface area contributed by atoms with Crippen LogP contribution in [-0.4, -0.2) is 48.3 Å². The van der Waals surface area contributed by atoms with Gasteiger partial charge in [-0.05, 0) is 11.8 Å². The molecule has 1 saturated heterocycles. The third-order valence-corrected chi connectivity index (χ3v) is 4.48. The number of aromatic nitrogens is 4. The van der Waals surface area contributed by atoms with Gasteiger partial charge in [0.15, 0.2) is 11.2 Å². The SMILES string of the molecule is Nc1nc2c(ncn2C2CC(OP(O)(=S)S)C(CO)O2)c(=O)[nH]1. The molecular weight excluding hydrogens is 365 g/mol. The highest BCUT2D eigenvalue weighted by Crippen LogP contribution is 2.51. The number of imidazole rings is 1. The van der Waals surface area contributed by atoms with Crippen LogP contribution in [0.5, 0.6) is 0 Å². The molecule has 23 heavy (non-hydrogen) atoms. The van der Waals surface area contributed by atoms with Gasteiger partial charge in [0, 0.05) is 6.42 Å². The van der Waals surface area contributed by atoms with Crippen LogP contribution in [0.15, 0.2) is 11.1 Å². The molecule has 4 atom stereocenters. The number of fused-ring (bicyclic) bond motifs is 1. The Morgan fingerprint density at radius 3 is 3.09 bits per heavy atom. The fourth-order valence-corrected chi connectivity index (χ4v) is 3.75. The molecule has 3 rings (SSSR count). The van der Waals surface area contributed by atoms with Crippen molar-refractivity contribution in [2.24, 2.45) is 0 Å². The van der Waals surface area contributed by atoms with E-state index in [1.54, 1.807) is 0 Å². The van der Waals surface area contributed by atoms with Crippen LogP contribution in [0, 0.1) is 0 Å². The van der Waals surface area contributed by atoms with E-state index in [0.717, 1.165) is 0 Å². The minimum absolute atomic E-state index is 0.0463. The van der Waals surface area contributed by atoms with Gasteiger partial charge in [-0.25, -0.2) is 4.98 Å². The highest BCUT2D eigenvalue weighted by molar-refractivity contribution is 8.59. The Balaban J connectivity index is 1.94. The Kier molecular flexibility index (Phi) is 4.49. The van der Waals surface area contributed by atoms with E-state index >= 15 is 0 Å². The molecule has 13 heteroatoms. The predicted molar refractivity (Wildman–Crippen MR) is 88.5 cm³/mol. The van der Waals surface area contributed by atoms with Crippen LogP contribution >= 0.6 is 17.9 Å². The van der Waals surface area contributed by atoms with Crippen LogP contribution in [0.4, 0.5) is 5.95 Å². The maximum Gasteiger partial charge on any atom is 0.280 e. The number of thiol groups is 1. The molecule has 0 aromatic carbocycles. The Hall–Kier alpha value is -1.01. The number of aliphatic hydroxyl groups excluding tert-OH is 1. The first-order chi connectivity index (χ1) is 10.8. The molecular formula is C10H14N5O5PS2. The van der Waals surface area contributed by atoms with Crippen molar-refractivity contribution in [3.63, 3.8) is 0 Å². The third kappa shape index (κ3) is 3.43. The summed E-state index contributed by atoms with van der Waals surface area (Å²) in [5, 5.41) is 9.40. The first-order valence-corrected chi connectivity index (χ1v) is 10.3. The van der Waals surface area contributed by atoms with Gasteiger partial charge in [-0.15, -0.1) is 0 Å². The van der Waals surface area contributed by atoms with E-state index in [4.69, 9.17) is 26.8 Å². The molecule has 0 amide bonds. The molecule has 2 aromatic heterocycles. The number of aliphatic hydroxyl groups is 1. The Bertz CT molecular complexity index is 835. The first kappa shape index (κ1) is 16.8. The van der Waals surface area contributed by atoms with Crippen LogP contribution in [0.2, 0.25) is 0 Å². The summed E-state index contributed by atoms with van der Waals surface area (Å²) < 4.78 is 12.5. The summed E-state index contributed by atoms with van der Waals surface area (Å²) in [7, 11) is 0. The van der Waals surface area contributed by atoms with Crippen molar-refractivity contribution in [1.82, 2.24) is 19.5 Å². The second-order valence-electron chi connectivity index (χ2n) is 4.96. The molecule has 126 valence electrons. The molecule has 1 aliphatic rings. The van der Waals surface area contributed by atoms with Crippen LogP contribution in [0.1, 0.15) is 12.6 Å². The molecule has 2 aromatic rings. The Morgan fingerprint density at radius 2 is 2.43 bits per heavy atom. The maximum absolute atomic E-state index is 11.8. The van der Waals surface area contributed by atoms with Crippen LogP contribution < -0.4 is 11.3 Å². The molecule has 5 N–H and O–H groups in total. The van der Waals surface area contributed by atoms with Gasteiger partial charge in [0.25, 0.3) is 5.56 Å². The monoisotopic (exact) mass is 379 g/mol. The van der Waals surface area contributed by atoms with Crippen molar-refractivity contribution in [3.05, 3.63) is 16.7 Å². The van der Waals surface area contributed by atoms with E-state index in [1.165, 1.54) is 10.9 Å². The van der Waals surface area contributed by atoms with Crippen LogP contribution in [0.3, 0.4) is 0 Å². The number of nitrogens with zero attached hydrogens (tertiary/aromatic N) is 3. The zero-order valence-corrected chi connectivity index (χ0v) is 14.2. The number of rotatable bonds is 4. The normalized spacial score (nSPS) is 27.3. The Labute approximate surface area is 140 Å². The van der Waals surface area contributed by atoms with Crippen molar-refractivity contribution in [2.45, 2.75) is 24.9 Å². The van der Waals surface area contributed by atoms with Gasteiger partial charge in [0.1, 0.15) is 12.3 Å². The van der Waals surface area contributed by atoms with Crippen molar-refractivity contribution in [1.29, 1.82) is 0 Å². The van der Waals surface area contributed by atoms with Crippen molar-refractivity contribution in [3.8, 4) is 0 Å². The summed E-state index contributed by atoms with van der Waals surface area (Å²) in [4.78, 5) is 31.8. The number of aromatic amines is 1. The van der Waals surface area contributed by atoms with Crippen molar-refractivity contribution in [2.75, 3.05) is 12.3 Å². The quantitative estimate of drug-likeness (QED) is 0.350. The molecule has 1 fully saturated rings. The van der Waals surface area contributed by atoms with Gasteiger partial charge in [-0.1, -0.05) is 12.2 Å². The number of hydrogen-bond donors (Lipinski definition) is 5. The summed E-state index contributed by atoms with van der Waals surface area (Å²) in [6.45, 7) is -0.326. The van der Waals surface area contributed by atoms with E-state index in [1.807, 2.05) is 0 Å². The smallest absolute Gasteiger partial charge is 0.280 e. The number of H-pyrrole nitrogens is 1. The number of anilines is 1. The van der Waals surface area contributed by atoms with Gasteiger partial charge < -0.3 is 25.0 Å². The second-order valence-corrected chi connectivity index (χ2v) is 10.1. The van der Waals surface area contributed by atoms with Gasteiger partial charge in [0.2, 0.25) is 11.6 Å². The zero-order chi connectivity index (χ0) is 16.8. The lowest BCUT2D eigenvalue weighted by molar-refractivity contribution is -0.0386. The van der Waals surface area contributed by atoms with E-state index in [2.05, 4.69) is 27.2 Å². The molecule has 0 spiro atoms. The zero-order valence-electron chi connectivity index (χ0n) is 11.6. The van der Waals surface area contributed by atoms with Crippen LogP contribution in [-0.2, 0) is 21.1 Å². The number of nitrogen functional groups attached to an aromatic ring is 1. The van der Waals surface area contributed by atoms with Gasteiger partial charge in [0.05, 0.1) is 19.0 Å². The first-order valence-electron chi connectivity index (χ1n) is 6.51. The van der Waals surface area contributed by atoms with Gasteiger partial charge in [-0.3, -0.25) is 14.3 Å². The predicted octanol–water partition coefficient (Wildman–Crippen LogP) is -0.487. The maximum atomic E-state index is 11.8. The average molecular weight is 379 g/mol. The minimum atomic E-state index is -3.21. The lowest BCUT2D eigenvalue weighted by Gasteiger charge is -2.19. The number of hydrogen-bond acceptors (Lipinski definition) is 8. The van der Waals surface area contributed by atoms with Crippen molar-refractivity contribution < 1.29 is 19.3 Å². The van der Waals surface area contributed by atoms with Gasteiger partial charge in [-0.2, -0.15) is 4.98 Å². The average Bonchev–Trinajstić information content (AvgIpc) is 3.00. The lowest BCUT2D eigenvalue weighted by atomic mass is 10.2. The number of ether oxygens (including phenoxy) is 1. The fraction of sp³-hybridized carbons (Fsp3) is 0.500. The molecule has 0 aliphatic carbocycles. The topological polar surface area (TPSA) is 149 Å². The summed E-state index contributed by atoms with van der Waals surface area (Å²) in [6.07, 6.45) is -0.284. The number of nitrogens with one attached hydrogen (secondary N) is 1. The summed E-state index contributed by atoms with van der Waals surface area (Å²) in [5.74, 6) is -0.0463. The largest absolute Gasteiger partial charge is 0.394 e. The third-order valence-electron chi connectivity index (χ3n) is 3.39. The standard InChI is InChI=1S/C10H14N5O5PS2/c11-10-13-8-7(9(17)14-10)12-3-15(8)6-1-4(5(2-16)19-6)20-21(18,22)23/h3-6,16H,1-2H2,(H2,18,22,23)(H3,11,13,14,17). The fourth-order valence-electron chi connectivity index (χ4n) is 2.48. The van der Waals surface area contributed by atoms with E-state index in [-0.39, 0.29) is 30.1 Å². The highest BCUT2D eigenvalue weighted by Gasteiger charge is 2.39. The molecule has 0 radical (unpaired) electrons. The van der Waals surface area contributed by atoms with E-state index in [9.17, 15) is 14.8 Å².